The summed E-state index contributed by atoms with van der Waals surface area (Å²) in [7, 11) is 0. The van der Waals surface area contributed by atoms with Crippen molar-refractivity contribution in [3.05, 3.63) is 58.5 Å². The highest BCUT2D eigenvalue weighted by Gasteiger charge is 2.38. The largest absolute Gasteiger partial charge is 0.383 e. The van der Waals surface area contributed by atoms with Gasteiger partial charge in [-0.05, 0) is 11.6 Å². The molecule has 0 unspecified atom stereocenters. The Hall–Kier alpha value is -2.51. The summed E-state index contributed by atoms with van der Waals surface area (Å²) in [5.74, 6) is -1.70. The van der Waals surface area contributed by atoms with Gasteiger partial charge in [-0.3, -0.25) is 0 Å². The lowest BCUT2D eigenvalue weighted by atomic mass is 9.87. The molecule has 0 amide bonds. The predicted octanol–water partition coefficient (Wildman–Crippen LogP) is 2.14. The summed E-state index contributed by atoms with van der Waals surface area (Å²) < 4.78 is 28.3. The van der Waals surface area contributed by atoms with Crippen LogP contribution in [0.3, 0.4) is 0 Å². The molecule has 0 aliphatic carbocycles. The molecule has 0 bridgehead atoms. The van der Waals surface area contributed by atoms with Gasteiger partial charge in [-0.2, -0.15) is 5.10 Å². The number of benzene rings is 1. The molecule has 0 fully saturated rings. The topological polar surface area (TPSA) is 99.7 Å². The lowest BCUT2D eigenvalue weighted by Crippen LogP contribution is -2.41. The summed E-state index contributed by atoms with van der Waals surface area (Å²) in [6.45, 7) is 1.23. The second-order valence-electron chi connectivity index (χ2n) is 4.52. The standard InChI is InChI=1S/C12H12F2N6O/c1-8(18-19-15)12(21,5-20-7-16-6-17-20)10-3-2-9(13)4-11(10)14/h2-4,6-8,21H,5H2,1H3/t8-,12+/m0/s1. The number of hydrogen-bond donors (Lipinski definition) is 1. The van der Waals surface area contributed by atoms with Crippen LogP contribution in [0, 0.1) is 11.6 Å². The fraction of sp³-hybridized carbons (Fsp3) is 0.333. The molecule has 2 rings (SSSR count). The van der Waals surface area contributed by atoms with Gasteiger partial charge in [0.25, 0.3) is 0 Å². The molecule has 1 heterocycles. The number of nitrogens with zero attached hydrogens (tertiary/aromatic N) is 6. The molecule has 0 aliphatic rings. The molecule has 0 saturated heterocycles. The molecule has 0 spiro atoms. The lowest BCUT2D eigenvalue weighted by Gasteiger charge is -2.32. The summed E-state index contributed by atoms with van der Waals surface area (Å²) in [4.78, 5) is 6.35. The molecule has 21 heavy (non-hydrogen) atoms. The molecule has 110 valence electrons. The first kappa shape index (κ1) is 14.9. The minimum atomic E-state index is -1.89. The van der Waals surface area contributed by atoms with Crippen molar-refractivity contribution in [3.63, 3.8) is 0 Å². The van der Waals surface area contributed by atoms with Crippen molar-refractivity contribution in [2.75, 3.05) is 0 Å². The zero-order chi connectivity index (χ0) is 15.5. The van der Waals surface area contributed by atoms with Crippen LogP contribution >= 0.6 is 0 Å². The molecule has 0 radical (unpaired) electrons. The Kier molecular flexibility index (Phi) is 4.15. The van der Waals surface area contributed by atoms with Crippen molar-refractivity contribution >= 4 is 0 Å². The van der Waals surface area contributed by atoms with Gasteiger partial charge in [0.1, 0.15) is 29.9 Å². The van der Waals surface area contributed by atoms with Crippen LogP contribution in [0.2, 0.25) is 0 Å². The van der Waals surface area contributed by atoms with Gasteiger partial charge in [-0.1, -0.05) is 18.1 Å². The number of halogens is 2. The summed E-state index contributed by atoms with van der Waals surface area (Å²) in [5.41, 5.74) is 6.47. The minimum absolute atomic E-state index is 0.181. The maximum absolute atomic E-state index is 14.0. The van der Waals surface area contributed by atoms with Crippen molar-refractivity contribution < 1.29 is 13.9 Å². The van der Waals surface area contributed by atoms with E-state index in [1.54, 1.807) is 0 Å². The van der Waals surface area contributed by atoms with E-state index in [1.165, 1.54) is 24.3 Å². The Balaban J connectivity index is 2.51. The summed E-state index contributed by atoms with van der Waals surface area (Å²) in [6, 6.07) is 1.79. The van der Waals surface area contributed by atoms with Crippen LogP contribution in [0.5, 0.6) is 0 Å². The van der Waals surface area contributed by atoms with Crippen LogP contribution in [-0.2, 0) is 12.1 Å². The Morgan fingerprint density at radius 3 is 2.86 bits per heavy atom. The minimum Gasteiger partial charge on any atom is -0.383 e. The molecule has 1 N–H and O–H groups in total. The molecule has 1 aromatic heterocycles. The third kappa shape index (κ3) is 2.99. The average Bonchev–Trinajstić information content (AvgIpc) is 2.91. The summed E-state index contributed by atoms with van der Waals surface area (Å²) in [5, 5.41) is 18.1. The van der Waals surface area contributed by atoms with Crippen molar-refractivity contribution in [2.45, 2.75) is 25.1 Å². The van der Waals surface area contributed by atoms with Crippen LogP contribution < -0.4 is 0 Å². The number of rotatable bonds is 5. The van der Waals surface area contributed by atoms with Gasteiger partial charge in [0.05, 0.1) is 12.6 Å². The molecule has 7 nitrogen and oxygen atoms in total. The van der Waals surface area contributed by atoms with E-state index in [9.17, 15) is 13.9 Å². The molecule has 2 aromatic rings. The first-order valence-electron chi connectivity index (χ1n) is 6.02. The Morgan fingerprint density at radius 2 is 2.29 bits per heavy atom. The molecular weight excluding hydrogens is 282 g/mol. The zero-order valence-corrected chi connectivity index (χ0v) is 11.1. The van der Waals surface area contributed by atoms with E-state index < -0.39 is 23.3 Å². The lowest BCUT2D eigenvalue weighted by molar-refractivity contribution is -0.00836. The zero-order valence-electron chi connectivity index (χ0n) is 11.1. The second kappa shape index (κ2) is 5.86. The van der Waals surface area contributed by atoms with Crippen LogP contribution in [0.25, 0.3) is 10.4 Å². The highest BCUT2D eigenvalue weighted by Crippen LogP contribution is 2.31. The van der Waals surface area contributed by atoms with E-state index in [-0.39, 0.29) is 12.1 Å². The maximum Gasteiger partial charge on any atom is 0.137 e. The van der Waals surface area contributed by atoms with Gasteiger partial charge < -0.3 is 5.11 Å². The number of aromatic nitrogens is 3. The number of hydrogen-bond acceptors (Lipinski definition) is 4. The SMILES string of the molecule is C[C@H](N=[N+]=[N-])[C@](O)(Cn1cncn1)c1ccc(F)cc1F. The van der Waals surface area contributed by atoms with E-state index in [0.717, 1.165) is 12.1 Å². The summed E-state index contributed by atoms with van der Waals surface area (Å²) >= 11 is 0. The van der Waals surface area contributed by atoms with Gasteiger partial charge >= 0.3 is 0 Å². The molecule has 1 aromatic carbocycles. The van der Waals surface area contributed by atoms with E-state index >= 15 is 0 Å². The Morgan fingerprint density at radius 1 is 1.52 bits per heavy atom. The molecule has 2 atom stereocenters. The maximum atomic E-state index is 14.0. The number of azide groups is 1. The van der Waals surface area contributed by atoms with E-state index in [2.05, 4.69) is 20.1 Å². The van der Waals surface area contributed by atoms with Crippen LogP contribution in [0.4, 0.5) is 8.78 Å². The van der Waals surface area contributed by atoms with Gasteiger partial charge in [-0.25, -0.2) is 18.4 Å². The van der Waals surface area contributed by atoms with E-state index in [4.69, 9.17) is 5.53 Å². The molecule has 9 heteroatoms. The predicted molar refractivity (Wildman–Crippen MR) is 68.9 cm³/mol. The number of aliphatic hydroxyl groups is 1. The fourth-order valence-corrected chi connectivity index (χ4v) is 2.02. The quantitative estimate of drug-likeness (QED) is 0.519. The molecular formula is C12H12F2N6O. The van der Waals surface area contributed by atoms with Gasteiger partial charge in [0.2, 0.25) is 0 Å². The van der Waals surface area contributed by atoms with Gasteiger partial charge in [0.15, 0.2) is 0 Å². The van der Waals surface area contributed by atoms with Crippen LogP contribution in [-0.4, -0.2) is 25.9 Å². The normalized spacial score (nSPS) is 15.0. The summed E-state index contributed by atoms with van der Waals surface area (Å²) in [6.07, 6.45) is 2.58. The molecule has 0 saturated carbocycles. The fourth-order valence-electron chi connectivity index (χ4n) is 2.02. The van der Waals surface area contributed by atoms with Gasteiger partial charge in [-0.15, -0.1) is 0 Å². The van der Waals surface area contributed by atoms with E-state index in [1.807, 2.05) is 0 Å². The van der Waals surface area contributed by atoms with Crippen molar-refractivity contribution in [3.8, 4) is 0 Å². The monoisotopic (exact) mass is 294 g/mol. The third-order valence-electron chi connectivity index (χ3n) is 3.18. The molecule has 0 aliphatic heterocycles. The third-order valence-corrected chi connectivity index (χ3v) is 3.18. The smallest absolute Gasteiger partial charge is 0.137 e. The van der Waals surface area contributed by atoms with Crippen LogP contribution in [0.15, 0.2) is 36.0 Å². The second-order valence-corrected chi connectivity index (χ2v) is 4.52. The van der Waals surface area contributed by atoms with Crippen molar-refractivity contribution in [1.29, 1.82) is 0 Å². The average molecular weight is 294 g/mol. The van der Waals surface area contributed by atoms with Crippen molar-refractivity contribution in [2.24, 2.45) is 5.11 Å². The Labute approximate surface area is 118 Å². The first-order chi connectivity index (χ1) is 9.97. The highest BCUT2D eigenvalue weighted by atomic mass is 19.1. The van der Waals surface area contributed by atoms with E-state index in [0.29, 0.717) is 6.07 Å². The first-order valence-corrected chi connectivity index (χ1v) is 6.02. The van der Waals surface area contributed by atoms with Gasteiger partial charge in [0, 0.05) is 16.5 Å². The Bertz CT molecular complexity index is 670. The highest BCUT2D eigenvalue weighted by molar-refractivity contribution is 5.27. The van der Waals surface area contributed by atoms with Crippen molar-refractivity contribution in [1.82, 2.24) is 14.8 Å². The van der Waals surface area contributed by atoms with Crippen LogP contribution in [0.1, 0.15) is 12.5 Å².